The van der Waals surface area contributed by atoms with Crippen molar-refractivity contribution in [2.45, 2.75) is 0 Å². The van der Waals surface area contributed by atoms with Crippen LogP contribution in [-0.4, -0.2) is 5.11 Å². The molecule has 0 spiro atoms. The summed E-state index contributed by atoms with van der Waals surface area (Å²) in [5, 5.41) is 9.90. The summed E-state index contributed by atoms with van der Waals surface area (Å²) in [6.07, 6.45) is 0. The van der Waals surface area contributed by atoms with Gasteiger partial charge in [0.15, 0.2) is 11.4 Å². The molecule has 3 N–H and O–H groups in total. The van der Waals surface area contributed by atoms with E-state index in [0.29, 0.717) is 11.0 Å². The largest absolute Gasteiger partial charge is 0.505 e. The minimum Gasteiger partial charge on any atom is -0.505 e. The first-order valence-electron chi connectivity index (χ1n) is 3.70. The van der Waals surface area contributed by atoms with E-state index in [1.807, 2.05) is 0 Å². The van der Waals surface area contributed by atoms with Gasteiger partial charge in [-0.2, -0.15) is 0 Å². The fourth-order valence-corrected chi connectivity index (χ4v) is 1.15. The Bertz CT molecular complexity index is 516. The quantitative estimate of drug-likeness (QED) is 0.590. The molecule has 4 nitrogen and oxygen atoms in total. The number of anilines is 1. The first-order chi connectivity index (χ1) is 6.20. The molecule has 0 bridgehead atoms. The van der Waals surface area contributed by atoms with Crippen molar-refractivity contribution in [3.63, 3.8) is 0 Å². The maximum absolute atomic E-state index is 11.0. The lowest BCUT2D eigenvalue weighted by Crippen LogP contribution is -2.06. The van der Waals surface area contributed by atoms with Crippen molar-refractivity contribution >= 4 is 16.7 Å². The summed E-state index contributed by atoms with van der Waals surface area (Å²) in [7, 11) is 0. The number of nitrogens with two attached hydrogens (primary N) is 1. The van der Waals surface area contributed by atoms with Crippen molar-refractivity contribution < 1.29 is 9.52 Å². The van der Waals surface area contributed by atoms with Gasteiger partial charge in [-0.1, -0.05) is 12.1 Å². The van der Waals surface area contributed by atoms with Crippen molar-refractivity contribution in [1.29, 1.82) is 0 Å². The summed E-state index contributed by atoms with van der Waals surface area (Å²) in [5.74, 6) is -0.216. The van der Waals surface area contributed by atoms with E-state index in [9.17, 15) is 9.90 Å². The number of benzene rings is 1. The van der Waals surface area contributed by atoms with Gasteiger partial charge in [-0.15, -0.1) is 0 Å². The molecule has 13 heavy (non-hydrogen) atoms. The predicted molar refractivity (Wildman–Crippen MR) is 48.6 cm³/mol. The van der Waals surface area contributed by atoms with E-state index in [0.717, 1.165) is 0 Å². The Morgan fingerprint density at radius 1 is 1.31 bits per heavy atom. The molecule has 1 aromatic carbocycles. The molecule has 4 heteroatoms. The zero-order chi connectivity index (χ0) is 9.42. The van der Waals surface area contributed by atoms with Crippen LogP contribution >= 0.6 is 0 Å². The standard InChI is InChI=1S/C9H7NO3/c10-7-8(11)5-3-1-2-4-6(5)13-9(7)12/h1-4,11H,10H2. The third-order valence-corrected chi connectivity index (χ3v) is 1.82. The first kappa shape index (κ1) is 7.67. The molecule has 0 aliphatic rings. The van der Waals surface area contributed by atoms with Crippen LogP contribution in [0.25, 0.3) is 11.0 Å². The molecule has 2 rings (SSSR count). The minimum absolute atomic E-state index is 0.216. The average Bonchev–Trinajstić information content (AvgIpc) is 2.15. The van der Waals surface area contributed by atoms with Crippen LogP contribution in [0.3, 0.4) is 0 Å². The molecule has 1 aromatic heterocycles. The fraction of sp³-hybridized carbons (Fsp3) is 0. The molecular formula is C9H7NO3. The average molecular weight is 177 g/mol. The van der Waals surface area contributed by atoms with Gasteiger partial charge in [-0.3, -0.25) is 0 Å². The SMILES string of the molecule is Nc1c(O)c2ccccc2oc1=O. The van der Waals surface area contributed by atoms with Crippen molar-refractivity contribution in [2.24, 2.45) is 0 Å². The van der Waals surface area contributed by atoms with Gasteiger partial charge < -0.3 is 15.3 Å². The van der Waals surface area contributed by atoms with Gasteiger partial charge in [0.1, 0.15) is 5.58 Å². The third kappa shape index (κ3) is 1.03. The van der Waals surface area contributed by atoms with Gasteiger partial charge in [-0.05, 0) is 12.1 Å². The van der Waals surface area contributed by atoms with E-state index >= 15 is 0 Å². The van der Waals surface area contributed by atoms with E-state index in [2.05, 4.69) is 0 Å². The Balaban J connectivity index is 3.02. The lowest BCUT2D eigenvalue weighted by Gasteiger charge is -2.00. The Morgan fingerprint density at radius 2 is 2.00 bits per heavy atom. The fourth-order valence-electron chi connectivity index (χ4n) is 1.15. The van der Waals surface area contributed by atoms with Crippen LogP contribution in [0.4, 0.5) is 5.69 Å². The Hall–Kier alpha value is -1.97. The van der Waals surface area contributed by atoms with Crippen LogP contribution in [0.5, 0.6) is 5.75 Å². The van der Waals surface area contributed by atoms with E-state index in [1.54, 1.807) is 24.3 Å². The second-order valence-corrected chi connectivity index (χ2v) is 2.65. The summed E-state index contributed by atoms with van der Waals surface area (Å²) in [5.41, 5.74) is 4.66. The van der Waals surface area contributed by atoms with E-state index in [4.69, 9.17) is 10.2 Å². The van der Waals surface area contributed by atoms with E-state index < -0.39 is 5.63 Å². The highest BCUT2D eigenvalue weighted by Gasteiger charge is 2.08. The number of hydrogen-bond acceptors (Lipinski definition) is 4. The van der Waals surface area contributed by atoms with Crippen molar-refractivity contribution in [2.75, 3.05) is 5.73 Å². The predicted octanol–water partition coefficient (Wildman–Crippen LogP) is 1.08. The van der Waals surface area contributed by atoms with Crippen LogP contribution in [0, 0.1) is 0 Å². The van der Waals surface area contributed by atoms with Crippen LogP contribution < -0.4 is 11.4 Å². The third-order valence-electron chi connectivity index (χ3n) is 1.82. The number of para-hydroxylation sites is 1. The van der Waals surface area contributed by atoms with E-state index in [-0.39, 0.29) is 11.4 Å². The summed E-state index contributed by atoms with van der Waals surface area (Å²) in [4.78, 5) is 11.0. The molecule has 0 unspecified atom stereocenters. The first-order valence-corrected chi connectivity index (χ1v) is 3.70. The molecule has 2 aromatic rings. The highest BCUT2D eigenvalue weighted by atomic mass is 16.4. The van der Waals surface area contributed by atoms with Gasteiger partial charge in [0.2, 0.25) is 0 Å². The van der Waals surface area contributed by atoms with Crippen LogP contribution in [0.2, 0.25) is 0 Å². The van der Waals surface area contributed by atoms with Crippen LogP contribution in [0.1, 0.15) is 0 Å². The minimum atomic E-state index is -0.712. The summed E-state index contributed by atoms with van der Waals surface area (Å²) >= 11 is 0. The highest BCUT2D eigenvalue weighted by molar-refractivity contribution is 5.87. The van der Waals surface area contributed by atoms with Crippen LogP contribution in [-0.2, 0) is 0 Å². The molecule has 0 amide bonds. The zero-order valence-corrected chi connectivity index (χ0v) is 6.65. The highest BCUT2D eigenvalue weighted by Crippen LogP contribution is 2.26. The summed E-state index contributed by atoms with van der Waals surface area (Å²) in [6.45, 7) is 0. The van der Waals surface area contributed by atoms with Gasteiger partial charge in [0.05, 0.1) is 5.39 Å². The van der Waals surface area contributed by atoms with Gasteiger partial charge >= 0.3 is 5.63 Å². The zero-order valence-electron chi connectivity index (χ0n) is 6.65. The van der Waals surface area contributed by atoms with E-state index in [1.165, 1.54) is 0 Å². The molecule has 0 saturated heterocycles. The Kier molecular flexibility index (Phi) is 1.48. The number of nitrogen functional groups attached to an aromatic ring is 1. The second kappa shape index (κ2) is 2.52. The smallest absolute Gasteiger partial charge is 0.363 e. The molecule has 0 radical (unpaired) electrons. The molecule has 0 saturated carbocycles. The summed E-state index contributed by atoms with van der Waals surface area (Å²) < 4.78 is 4.83. The lowest BCUT2D eigenvalue weighted by atomic mass is 10.2. The number of hydrogen-bond donors (Lipinski definition) is 2. The number of aromatic hydroxyl groups is 1. The topological polar surface area (TPSA) is 76.5 Å². The van der Waals surface area contributed by atoms with Crippen molar-refractivity contribution in [3.05, 3.63) is 34.7 Å². The monoisotopic (exact) mass is 177 g/mol. The lowest BCUT2D eigenvalue weighted by molar-refractivity contribution is 0.472. The molecule has 66 valence electrons. The Labute approximate surface area is 73.2 Å². The molecular weight excluding hydrogens is 170 g/mol. The van der Waals surface area contributed by atoms with Gasteiger partial charge in [0, 0.05) is 0 Å². The number of rotatable bonds is 0. The Morgan fingerprint density at radius 3 is 2.77 bits per heavy atom. The number of fused-ring (bicyclic) bond motifs is 1. The molecule has 0 aliphatic carbocycles. The second-order valence-electron chi connectivity index (χ2n) is 2.65. The maximum atomic E-state index is 11.0. The summed E-state index contributed by atoms with van der Waals surface area (Å²) in [6, 6.07) is 6.66. The molecule has 1 heterocycles. The molecule has 0 aliphatic heterocycles. The van der Waals surface area contributed by atoms with Gasteiger partial charge in [-0.25, -0.2) is 4.79 Å². The maximum Gasteiger partial charge on any atom is 0.363 e. The molecule has 0 atom stereocenters. The van der Waals surface area contributed by atoms with Crippen molar-refractivity contribution in [3.8, 4) is 5.75 Å². The van der Waals surface area contributed by atoms with Crippen molar-refractivity contribution in [1.82, 2.24) is 0 Å². The molecule has 0 fully saturated rings. The normalized spacial score (nSPS) is 10.5. The van der Waals surface area contributed by atoms with Gasteiger partial charge in [0.25, 0.3) is 0 Å². The van der Waals surface area contributed by atoms with Crippen LogP contribution in [0.15, 0.2) is 33.5 Å².